The Morgan fingerprint density at radius 1 is 1.35 bits per heavy atom. The van der Waals surface area contributed by atoms with Gasteiger partial charge in [-0.05, 0) is 38.5 Å². The number of guanidine groups is 1. The maximum atomic E-state index is 5.60. The summed E-state index contributed by atoms with van der Waals surface area (Å²) in [6, 6.07) is 0. The standard InChI is InChI=1S/C13H25N3O/c1-2-14-13(16-8-3-4-9-16)15-7-10-17-11-12-5-6-12/h12H,2-11H2,1H3,(H,14,15). The summed E-state index contributed by atoms with van der Waals surface area (Å²) < 4.78 is 5.60. The summed E-state index contributed by atoms with van der Waals surface area (Å²) in [5.41, 5.74) is 0. The predicted octanol–water partition coefficient (Wildman–Crippen LogP) is 1.47. The molecule has 0 aromatic rings. The van der Waals surface area contributed by atoms with Gasteiger partial charge in [0.2, 0.25) is 0 Å². The van der Waals surface area contributed by atoms with Gasteiger partial charge in [-0.25, -0.2) is 0 Å². The number of nitrogens with one attached hydrogen (secondary N) is 1. The number of hydrogen-bond acceptors (Lipinski definition) is 2. The minimum Gasteiger partial charge on any atom is -0.379 e. The van der Waals surface area contributed by atoms with Crippen LogP contribution in [0.1, 0.15) is 32.6 Å². The Morgan fingerprint density at radius 2 is 2.12 bits per heavy atom. The number of aliphatic imine (C=N–C) groups is 1. The molecule has 1 heterocycles. The summed E-state index contributed by atoms with van der Waals surface area (Å²) in [5, 5.41) is 3.36. The highest BCUT2D eigenvalue weighted by Gasteiger charge is 2.21. The summed E-state index contributed by atoms with van der Waals surface area (Å²) >= 11 is 0. The van der Waals surface area contributed by atoms with Crippen molar-refractivity contribution in [3.63, 3.8) is 0 Å². The second-order valence-electron chi connectivity index (χ2n) is 4.95. The quantitative estimate of drug-likeness (QED) is 0.433. The number of hydrogen-bond donors (Lipinski definition) is 1. The van der Waals surface area contributed by atoms with Crippen LogP contribution in [0.5, 0.6) is 0 Å². The molecule has 2 fully saturated rings. The van der Waals surface area contributed by atoms with Crippen molar-refractivity contribution in [1.82, 2.24) is 10.2 Å². The molecule has 1 saturated carbocycles. The van der Waals surface area contributed by atoms with Gasteiger partial charge < -0.3 is 15.0 Å². The van der Waals surface area contributed by atoms with Crippen molar-refractivity contribution in [2.24, 2.45) is 10.9 Å². The lowest BCUT2D eigenvalue weighted by molar-refractivity contribution is 0.131. The van der Waals surface area contributed by atoms with E-state index in [1.54, 1.807) is 0 Å². The van der Waals surface area contributed by atoms with Gasteiger partial charge in [-0.15, -0.1) is 0 Å². The van der Waals surface area contributed by atoms with Gasteiger partial charge in [-0.3, -0.25) is 4.99 Å². The van der Waals surface area contributed by atoms with Gasteiger partial charge in [-0.2, -0.15) is 0 Å². The normalized spacial score (nSPS) is 21.0. The Hall–Kier alpha value is -0.770. The van der Waals surface area contributed by atoms with Crippen LogP contribution in [0, 0.1) is 5.92 Å². The third kappa shape index (κ3) is 4.54. The van der Waals surface area contributed by atoms with Crippen molar-refractivity contribution >= 4 is 5.96 Å². The number of likely N-dealkylation sites (tertiary alicyclic amines) is 1. The van der Waals surface area contributed by atoms with Crippen molar-refractivity contribution in [2.75, 3.05) is 39.4 Å². The minimum atomic E-state index is 0.763. The van der Waals surface area contributed by atoms with Crippen LogP contribution >= 0.6 is 0 Å². The van der Waals surface area contributed by atoms with Crippen LogP contribution in [-0.4, -0.2) is 50.3 Å². The van der Waals surface area contributed by atoms with E-state index in [9.17, 15) is 0 Å². The highest BCUT2D eigenvalue weighted by Crippen LogP contribution is 2.28. The summed E-state index contributed by atoms with van der Waals surface area (Å²) in [6.07, 6.45) is 5.31. The van der Waals surface area contributed by atoms with E-state index in [4.69, 9.17) is 4.74 Å². The maximum Gasteiger partial charge on any atom is 0.193 e. The number of rotatable bonds is 6. The van der Waals surface area contributed by atoms with Gasteiger partial charge >= 0.3 is 0 Å². The fraction of sp³-hybridized carbons (Fsp3) is 0.923. The molecule has 1 aliphatic carbocycles. The Balaban J connectivity index is 1.65. The molecule has 0 unspecified atom stereocenters. The van der Waals surface area contributed by atoms with Gasteiger partial charge in [0.25, 0.3) is 0 Å². The molecule has 17 heavy (non-hydrogen) atoms. The molecular formula is C13H25N3O. The lowest BCUT2D eigenvalue weighted by Crippen LogP contribution is -2.39. The Kier molecular flexibility index (Phi) is 5.10. The summed E-state index contributed by atoms with van der Waals surface area (Å²) in [5.74, 6) is 1.92. The minimum absolute atomic E-state index is 0.763. The van der Waals surface area contributed by atoms with Gasteiger partial charge in [0.15, 0.2) is 5.96 Å². The lowest BCUT2D eigenvalue weighted by atomic mass is 10.4. The van der Waals surface area contributed by atoms with E-state index < -0.39 is 0 Å². The van der Waals surface area contributed by atoms with Crippen LogP contribution in [0.25, 0.3) is 0 Å². The SMILES string of the molecule is CCNC(=NCCOCC1CC1)N1CCCC1. The van der Waals surface area contributed by atoms with Gasteiger partial charge in [0, 0.05) is 26.2 Å². The third-order valence-corrected chi connectivity index (χ3v) is 3.29. The third-order valence-electron chi connectivity index (χ3n) is 3.29. The molecule has 0 atom stereocenters. The molecule has 0 radical (unpaired) electrons. The smallest absolute Gasteiger partial charge is 0.193 e. The van der Waals surface area contributed by atoms with Crippen molar-refractivity contribution in [1.29, 1.82) is 0 Å². The molecule has 4 heteroatoms. The highest BCUT2D eigenvalue weighted by atomic mass is 16.5. The first-order valence-electron chi connectivity index (χ1n) is 7.01. The van der Waals surface area contributed by atoms with Crippen LogP contribution in [0.4, 0.5) is 0 Å². The van der Waals surface area contributed by atoms with Crippen molar-refractivity contribution in [3.8, 4) is 0 Å². The van der Waals surface area contributed by atoms with Gasteiger partial charge in [0.05, 0.1) is 13.2 Å². The molecular weight excluding hydrogens is 214 g/mol. The van der Waals surface area contributed by atoms with Crippen LogP contribution in [0.2, 0.25) is 0 Å². The molecule has 0 spiro atoms. The zero-order valence-electron chi connectivity index (χ0n) is 11.0. The van der Waals surface area contributed by atoms with E-state index in [-0.39, 0.29) is 0 Å². The molecule has 1 N–H and O–H groups in total. The summed E-state index contributed by atoms with van der Waals surface area (Å²) in [6.45, 7) is 7.84. The maximum absolute atomic E-state index is 5.60. The van der Waals surface area contributed by atoms with Crippen molar-refractivity contribution in [3.05, 3.63) is 0 Å². The highest BCUT2D eigenvalue weighted by molar-refractivity contribution is 5.80. The molecule has 2 rings (SSSR count). The average molecular weight is 239 g/mol. The molecule has 0 bridgehead atoms. The molecule has 0 aromatic heterocycles. The second kappa shape index (κ2) is 6.84. The van der Waals surface area contributed by atoms with Crippen LogP contribution in [0.3, 0.4) is 0 Å². The molecule has 0 aromatic carbocycles. The fourth-order valence-corrected chi connectivity index (χ4v) is 2.11. The molecule has 1 saturated heterocycles. The van der Waals surface area contributed by atoms with E-state index in [2.05, 4.69) is 22.1 Å². The summed E-state index contributed by atoms with van der Waals surface area (Å²) in [7, 11) is 0. The van der Waals surface area contributed by atoms with E-state index in [1.807, 2.05) is 0 Å². The van der Waals surface area contributed by atoms with Gasteiger partial charge in [0.1, 0.15) is 0 Å². The monoisotopic (exact) mass is 239 g/mol. The molecule has 4 nitrogen and oxygen atoms in total. The summed E-state index contributed by atoms with van der Waals surface area (Å²) in [4.78, 5) is 6.97. The zero-order valence-corrected chi connectivity index (χ0v) is 11.0. The first-order valence-corrected chi connectivity index (χ1v) is 7.01. The first-order chi connectivity index (χ1) is 8.40. The number of ether oxygens (including phenoxy) is 1. The molecule has 2 aliphatic rings. The van der Waals surface area contributed by atoms with E-state index in [1.165, 1.54) is 25.7 Å². The second-order valence-corrected chi connectivity index (χ2v) is 4.95. The number of nitrogens with zero attached hydrogens (tertiary/aromatic N) is 2. The largest absolute Gasteiger partial charge is 0.379 e. The van der Waals surface area contributed by atoms with E-state index in [0.29, 0.717) is 0 Å². The lowest BCUT2D eigenvalue weighted by Gasteiger charge is -2.20. The first kappa shape index (κ1) is 12.7. The fourth-order valence-electron chi connectivity index (χ4n) is 2.11. The Labute approximate surface area is 104 Å². The Morgan fingerprint density at radius 3 is 2.76 bits per heavy atom. The predicted molar refractivity (Wildman–Crippen MR) is 70.3 cm³/mol. The van der Waals surface area contributed by atoms with Crippen LogP contribution < -0.4 is 5.32 Å². The molecule has 98 valence electrons. The van der Waals surface area contributed by atoms with Crippen LogP contribution in [-0.2, 0) is 4.74 Å². The van der Waals surface area contributed by atoms with Gasteiger partial charge in [-0.1, -0.05) is 0 Å². The van der Waals surface area contributed by atoms with Crippen molar-refractivity contribution < 1.29 is 4.74 Å². The van der Waals surface area contributed by atoms with Crippen molar-refractivity contribution in [2.45, 2.75) is 32.6 Å². The van der Waals surface area contributed by atoms with E-state index >= 15 is 0 Å². The topological polar surface area (TPSA) is 36.9 Å². The average Bonchev–Trinajstić information content (AvgIpc) is 3.00. The Bertz CT molecular complexity index is 245. The molecule has 1 aliphatic heterocycles. The zero-order chi connectivity index (χ0) is 11.9. The van der Waals surface area contributed by atoms with E-state index in [0.717, 1.165) is 51.3 Å². The van der Waals surface area contributed by atoms with Crippen LogP contribution in [0.15, 0.2) is 4.99 Å². The molecule has 0 amide bonds.